The number of rotatable bonds is 4. The molecule has 0 bridgehead atoms. The van der Waals surface area contributed by atoms with Gasteiger partial charge in [0, 0.05) is 12.6 Å². The summed E-state index contributed by atoms with van der Waals surface area (Å²) in [6.07, 6.45) is 5.36. The number of barbiturate groups is 1. The summed E-state index contributed by atoms with van der Waals surface area (Å²) in [4.78, 5) is 42.1. The lowest BCUT2D eigenvalue weighted by atomic mass is 9.91. The van der Waals surface area contributed by atoms with Gasteiger partial charge in [0.1, 0.15) is 17.9 Å². The predicted molar refractivity (Wildman–Crippen MR) is 91.4 cm³/mol. The first-order valence-corrected chi connectivity index (χ1v) is 8.72. The van der Waals surface area contributed by atoms with Crippen LogP contribution in [0.2, 0.25) is 0 Å². The summed E-state index contributed by atoms with van der Waals surface area (Å²) >= 11 is 0. The Kier molecular flexibility index (Phi) is 5.41. The van der Waals surface area contributed by atoms with Crippen LogP contribution in [0.5, 0.6) is 0 Å². The van der Waals surface area contributed by atoms with Crippen molar-refractivity contribution in [1.29, 1.82) is 0 Å². The summed E-state index contributed by atoms with van der Waals surface area (Å²) < 4.78 is 13.0. The number of hydrogen-bond donors (Lipinski definition) is 2. The number of aliphatic imine (C=N–C) groups is 1. The van der Waals surface area contributed by atoms with E-state index in [1.807, 2.05) is 0 Å². The van der Waals surface area contributed by atoms with E-state index in [1.165, 1.54) is 30.5 Å². The van der Waals surface area contributed by atoms with E-state index < -0.39 is 29.6 Å². The topological polar surface area (TPSA) is 106 Å². The molecule has 3 rings (SSSR count). The minimum Gasteiger partial charge on any atom is -0.353 e. The number of benzene rings is 1. The van der Waals surface area contributed by atoms with Crippen LogP contribution in [0.4, 0.5) is 9.18 Å². The van der Waals surface area contributed by atoms with Crippen molar-refractivity contribution in [2.45, 2.75) is 44.3 Å². The van der Waals surface area contributed by atoms with Crippen molar-refractivity contribution in [3.05, 3.63) is 35.6 Å². The molecule has 26 heavy (non-hydrogen) atoms. The van der Waals surface area contributed by atoms with Crippen LogP contribution in [0.25, 0.3) is 0 Å². The molecule has 2 aliphatic rings. The molecule has 0 unspecified atom stereocenters. The summed E-state index contributed by atoms with van der Waals surface area (Å²) in [5.41, 5.74) is 4.66. The van der Waals surface area contributed by atoms with Crippen molar-refractivity contribution in [1.82, 2.24) is 10.2 Å². The van der Waals surface area contributed by atoms with Gasteiger partial charge in [-0.1, -0.05) is 18.6 Å². The predicted octanol–water partition coefficient (Wildman–Crippen LogP) is 0.644. The number of nitrogens with one attached hydrogen (secondary N) is 1. The molecule has 138 valence electrons. The monoisotopic (exact) mass is 361 g/mol. The number of amides is 4. The second-order valence-corrected chi connectivity index (χ2v) is 6.73. The van der Waals surface area contributed by atoms with E-state index in [0.29, 0.717) is 5.56 Å². The van der Waals surface area contributed by atoms with Gasteiger partial charge in [-0.05, 0) is 30.5 Å². The first-order valence-electron chi connectivity index (χ1n) is 8.72. The van der Waals surface area contributed by atoms with E-state index >= 15 is 0 Å². The van der Waals surface area contributed by atoms with Gasteiger partial charge in [0.2, 0.25) is 11.8 Å². The lowest BCUT2D eigenvalue weighted by Gasteiger charge is -2.29. The van der Waals surface area contributed by atoms with Gasteiger partial charge in [0.15, 0.2) is 5.92 Å². The molecule has 8 heteroatoms. The largest absolute Gasteiger partial charge is 0.353 e. The lowest BCUT2D eigenvalue weighted by molar-refractivity contribution is -0.428. The van der Waals surface area contributed by atoms with Gasteiger partial charge in [-0.25, -0.2) is 9.18 Å². The molecule has 7 nitrogen and oxygen atoms in total. The van der Waals surface area contributed by atoms with Crippen LogP contribution < -0.4 is 11.1 Å². The number of imide groups is 2. The van der Waals surface area contributed by atoms with Crippen LogP contribution in [0.3, 0.4) is 0 Å². The second kappa shape index (κ2) is 7.74. The molecule has 1 aliphatic heterocycles. The standard InChI is InChI=1S/C18H21FN4O3/c19-12-7-5-11(6-8-12)10-23-17(25)13(16(24)22-18(23)26)9-21-15-4-2-1-3-14(15)20/h5-9,13-15H,1-4,10,20H2,(H,22,24,26)/p+1/t13-,14+,15+/m0/s1. The third kappa shape index (κ3) is 3.96. The average Bonchev–Trinajstić information content (AvgIpc) is 2.61. The highest BCUT2D eigenvalue weighted by molar-refractivity contribution is 6.23. The number of halogens is 1. The molecular weight excluding hydrogens is 339 g/mol. The van der Waals surface area contributed by atoms with Crippen LogP contribution in [0.15, 0.2) is 29.3 Å². The third-order valence-electron chi connectivity index (χ3n) is 4.84. The molecule has 4 amide bonds. The Balaban J connectivity index is 1.73. The van der Waals surface area contributed by atoms with Crippen molar-refractivity contribution >= 4 is 24.1 Å². The molecule has 0 radical (unpaired) electrons. The Labute approximate surface area is 150 Å². The van der Waals surface area contributed by atoms with E-state index in [-0.39, 0.29) is 18.6 Å². The van der Waals surface area contributed by atoms with E-state index in [1.54, 1.807) is 0 Å². The van der Waals surface area contributed by atoms with Gasteiger partial charge in [-0.15, -0.1) is 0 Å². The fourth-order valence-electron chi connectivity index (χ4n) is 3.27. The number of nitrogens with zero attached hydrogens (tertiary/aromatic N) is 2. The Morgan fingerprint density at radius 1 is 1.19 bits per heavy atom. The fourth-order valence-corrected chi connectivity index (χ4v) is 3.27. The van der Waals surface area contributed by atoms with Gasteiger partial charge in [-0.3, -0.25) is 24.8 Å². The molecule has 3 atom stereocenters. The summed E-state index contributed by atoms with van der Waals surface area (Å²) in [5.74, 6) is -2.83. The zero-order valence-electron chi connectivity index (χ0n) is 14.4. The fraction of sp³-hybridized carbons (Fsp3) is 0.444. The highest BCUT2D eigenvalue weighted by Crippen LogP contribution is 2.20. The van der Waals surface area contributed by atoms with Crippen molar-refractivity contribution in [2.75, 3.05) is 0 Å². The zero-order valence-corrected chi connectivity index (χ0v) is 14.4. The van der Waals surface area contributed by atoms with Gasteiger partial charge >= 0.3 is 6.03 Å². The first-order chi connectivity index (χ1) is 12.5. The SMILES string of the molecule is [NH3+][C@@H]1CCCC[C@H]1N=C[C@H]1C(=O)NC(=O)N(Cc2ccc(F)cc2)C1=O. The van der Waals surface area contributed by atoms with Crippen molar-refractivity contribution < 1.29 is 24.5 Å². The molecule has 1 heterocycles. The molecule has 4 N–H and O–H groups in total. The molecule has 1 saturated heterocycles. The second-order valence-electron chi connectivity index (χ2n) is 6.73. The minimum absolute atomic E-state index is 0.00692. The molecule has 1 aliphatic carbocycles. The van der Waals surface area contributed by atoms with Crippen LogP contribution in [0, 0.1) is 11.7 Å². The van der Waals surface area contributed by atoms with Crippen LogP contribution in [-0.4, -0.2) is 41.0 Å². The molecule has 1 saturated carbocycles. The third-order valence-corrected chi connectivity index (χ3v) is 4.84. The van der Waals surface area contributed by atoms with Crippen LogP contribution in [-0.2, 0) is 16.1 Å². The quantitative estimate of drug-likeness (QED) is 0.607. The minimum atomic E-state index is -1.14. The van der Waals surface area contributed by atoms with E-state index in [2.05, 4.69) is 16.0 Å². The number of urea groups is 1. The number of carbonyl (C=O) groups excluding carboxylic acids is 3. The van der Waals surface area contributed by atoms with Gasteiger partial charge in [0.25, 0.3) is 0 Å². The van der Waals surface area contributed by atoms with Gasteiger partial charge in [-0.2, -0.15) is 0 Å². The van der Waals surface area contributed by atoms with E-state index in [9.17, 15) is 18.8 Å². The highest BCUT2D eigenvalue weighted by Gasteiger charge is 2.39. The first kappa shape index (κ1) is 18.2. The maximum absolute atomic E-state index is 13.0. The number of quaternary nitrogens is 1. The molecule has 2 fully saturated rings. The van der Waals surface area contributed by atoms with Crippen LogP contribution in [0.1, 0.15) is 31.2 Å². The Hall–Kier alpha value is -2.61. The molecule has 0 spiro atoms. The van der Waals surface area contributed by atoms with Gasteiger partial charge in [0.05, 0.1) is 6.54 Å². The lowest BCUT2D eigenvalue weighted by Crippen LogP contribution is -2.66. The summed E-state index contributed by atoms with van der Waals surface area (Å²) in [6, 6.07) is 4.87. The number of carbonyl (C=O) groups is 3. The van der Waals surface area contributed by atoms with E-state index in [0.717, 1.165) is 30.6 Å². The molecule has 1 aromatic rings. The normalized spacial score (nSPS) is 27.1. The molecule has 1 aromatic carbocycles. The van der Waals surface area contributed by atoms with Crippen molar-refractivity contribution in [2.24, 2.45) is 10.9 Å². The number of hydrogen-bond acceptors (Lipinski definition) is 4. The molecule has 0 aromatic heterocycles. The molecular formula is C18H22FN4O3+. The summed E-state index contributed by atoms with van der Waals surface area (Å²) in [6.45, 7) is -0.0377. The van der Waals surface area contributed by atoms with Crippen molar-refractivity contribution in [3.8, 4) is 0 Å². The van der Waals surface area contributed by atoms with E-state index in [4.69, 9.17) is 0 Å². The zero-order chi connectivity index (χ0) is 18.7. The summed E-state index contributed by atoms with van der Waals surface area (Å²) in [5, 5.41) is 2.19. The van der Waals surface area contributed by atoms with Crippen molar-refractivity contribution in [3.63, 3.8) is 0 Å². The Morgan fingerprint density at radius 3 is 2.58 bits per heavy atom. The highest BCUT2D eigenvalue weighted by atomic mass is 19.1. The average molecular weight is 361 g/mol. The maximum Gasteiger partial charge on any atom is 0.331 e. The van der Waals surface area contributed by atoms with Gasteiger partial charge < -0.3 is 5.73 Å². The van der Waals surface area contributed by atoms with Crippen LogP contribution >= 0.6 is 0 Å². The Bertz CT molecular complexity index is 734. The Morgan fingerprint density at radius 2 is 1.88 bits per heavy atom. The summed E-state index contributed by atoms with van der Waals surface area (Å²) in [7, 11) is 0. The smallest absolute Gasteiger partial charge is 0.331 e. The maximum atomic E-state index is 13.0.